The number of nitrogens with two attached hydrogens (primary N) is 1. The number of rotatable bonds is 6. The van der Waals surface area contributed by atoms with Crippen molar-refractivity contribution < 1.29 is 9.47 Å². The highest BCUT2D eigenvalue weighted by molar-refractivity contribution is 5.62. The van der Waals surface area contributed by atoms with Crippen molar-refractivity contribution in [1.29, 1.82) is 0 Å². The Bertz CT molecular complexity index is 415. The normalized spacial score (nSPS) is 16.4. The summed E-state index contributed by atoms with van der Waals surface area (Å²) in [6, 6.07) is 5.70. The molecule has 0 saturated carbocycles. The van der Waals surface area contributed by atoms with Crippen molar-refractivity contribution in [2.75, 3.05) is 32.0 Å². The van der Waals surface area contributed by atoms with Gasteiger partial charge >= 0.3 is 0 Å². The van der Waals surface area contributed by atoms with E-state index >= 15 is 0 Å². The summed E-state index contributed by atoms with van der Waals surface area (Å²) in [5.74, 6) is 1.43. The first kappa shape index (κ1) is 15.0. The fourth-order valence-electron chi connectivity index (χ4n) is 2.47. The van der Waals surface area contributed by atoms with E-state index in [1.165, 1.54) is 32.4 Å². The highest BCUT2D eigenvalue weighted by Gasteiger charge is 2.11. The van der Waals surface area contributed by atoms with Crippen molar-refractivity contribution >= 4 is 5.69 Å². The molecule has 2 rings (SSSR count). The van der Waals surface area contributed by atoms with E-state index in [0.29, 0.717) is 18.0 Å². The minimum absolute atomic E-state index is 0.112. The molecule has 0 amide bonds. The number of hydrogen-bond donors (Lipinski definition) is 1. The number of para-hydroxylation sites is 1. The standard InChI is InChI=1S/C16H26N2O2/c1-13(2)20-15-8-6-7-14(16(15)17)19-12-11-18-9-4-3-5-10-18/h6-8,13H,3-5,9-12,17H2,1-2H3. The Kier molecular flexibility index (Phi) is 5.53. The van der Waals surface area contributed by atoms with Crippen LogP contribution >= 0.6 is 0 Å². The van der Waals surface area contributed by atoms with Gasteiger partial charge < -0.3 is 15.2 Å². The molecule has 1 fully saturated rings. The van der Waals surface area contributed by atoms with Crippen molar-refractivity contribution in [2.24, 2.45) is 0 Å². The molecule has 0 radical (unpaired) electrons. The van der Waals surface area contributed by atoms with Crippen molar-refractivity contribution in [2.45, 2.75) is 39.2 Å². The molecule has 1 heterocycles. The van der Waals surface area contributed by atoms with Crippen LogP contribution in [0.25, 0.3) is 0 Å². The Balaban J connectivity index is 1.85. The Morgan fingerprint density at radius 1 is 1.15 bits per heavy atom. The van der Waals surface area contributed by atoms with Gasteiger partial charge in [0.1, 0.15) is 23.8 Å². The maximum Gasteiger partial charge on any atom is 0.146 e. The van der Waals surface area contributed by atoms with E-state index in [1.54, 1.807) is 0 Å². The number of ether oxygens (including phenoxy) is 2. The first-order chi connectivity index (χ1) is 9.66. The molecule has 4 nitrogen and oxygen atoms in total. The maximum atomic E-state index is 6.09. The van der Waals surface area contributed by atoms with Crippen LogP contribution in [0.4, 0.5) is 5.69 Å². The third kappa shape index (κ3) is 4.30. The van der Waals surface area contributed by atoms with Gasteiger partial charge in [0.05, 0.1) is 6.10 Å². The lowest BCUT2D eigenvalue weighted by atomic mass is 10.1. The molecule has 1 saturated heterocycles. The van der Waals surface area contributed by atoms with Crippen LogP contribution in [-0.4, -0.2) is 37.2 Å². The van der Waals surface area contributed by atoms with Crippen molar-refractivity contribution in [3.8, 4) is 11.5 Å². The summed E-state index contributed by atoms with van der Waals surface area (Å²) in [7, 11) is 0. The molecule has 1 aliphatic heterocycles. The zero-order valence-electron chi connectivity index (χ0n) is 12.6. The van der Waals surface area contributed by atoms with Crippen LogP contribution in [0.15, 0.2) is 18.2 Å². The molecule has 1 aromatic rings. The van der Waals surface area contributed by atoms with Gasteiger partial charge in [-0.3, -0.25) is 4.90 Å². The van der Waals surface area contributed by atoms with E-state index in [4.69, 9.17) is 15.2 Å². The summed E-state index contributed by atoms with van der Waals surface area (Å²) in [5.41, 5.74) is 6.68. The molecule has 112 valence electrons. The van der Waals surface area contributed by atoms with Gasteiger partial charge in [0, 0.05) is 6.54 Å². The molecule has 1 aromatic carbocycles. The van der Waals surface area contributed by atoms with Crippen molar-refractivity contribution in [1.82, 2.24) is 4.90 Å². The van der Waals surface area contributed by atoms with E-state index in [1.807, 2.05) is 32.0 Å². The summed E-state index contributed by atoms with van der Waals surface area (Å²) in [4.78, 5) is 2.45. The molecule has 4 heteroatoms. The van der Waals surface area contributed by atoms with Gasteiger partial charge in [0.2, 0.25) is 0 Å². The van der Waals surface area contributed by atoms with E-state index in [9.17, 15) is 0 Å². The molecule has 1 aliphatic rings. The molecule has 2 N–H and O–H groups in total. The second-order valence-corrected chi connectivity index (χ2v) is 5.59. The van der Waals surface area contributed by atoms with Crippen molar-refractivity contribution in [3.05, 3.63) is 18.2 Å². The van der Waals surface area contributed by atoms with Gasteiger partial charge in [-0.15, -0.1) is 0 Å². The highest BCUT2D eigenvalue weighted by Crippen LogP contribution is 2.31. The Labute approximate surface area is 121 Å². The van der Waals surface area contributed by atoms with Crippen LogP contribution in [0.5, 0.6) is 11.5 Å². The van der Waals surface area contributed by atoms with E-state index in [0.717, 1.165) is 12.3 Å². The van der Waals surface area contributed by atoms with Crippen LogP contribution in [-0.2, 0) is 0 Å². The lowest BCUT2D eigenvalue weighted by molar-refractivity contribution is 0.183. The predicted molar refractivity (Wildman–Crippen MR) is 82.4 cm³/mol. The third-order valence-corrected chi connectivity index (χ3v) is 3.50. The molecule has 0 bridgehead atoms. The summed E-state index contributed by atoms with van der Waals surface area (Å²) >= 11 is 0. The lowest BCUT2D eigenvalue weighted by Gasteiger charge is -2.26. The quantitative estimate of drug-likeness (QED) is 0.813. The summed E-state index contributed by atoms with van der Waals surface area (Å²) in [5, 5.41) is 0. The fourth-order valence-corrected chi connectivity index (χ4v) is 2.47. The number of nitrogens with zero attached hydrogens (tertiary/aromatic N) is 1. The van der Waals surface area contributed by atoms with Gasteiger partial charge in [-0.25, -0.2) is 0 Å². The van der Waals surface area contributed by atoms with Gasteiger partial charge in [0.25, 0.3) is 0 Å². The summed E-state index contributed by atoms with van der Waals surface area (Å²) in [6.45, 7) is 8.00. The number of hydrogen-bond acceptors (Lipinski definition) is 4. The monoisotopic (exact) mass is 278 g/mol. The van der Waals surface area contributed by atoms with Crippen LogP contribution in [0.2, 0.25) is 0 Å². The van der Waals surface area contributed by atoms with Crippen LogP contribution in [0, 0.1) is 0 Å². The number of likely N-dealkylation sites (tertiary alicyclic amines) is 1. The van der Waals surface area contributed by atoms with E-state index in [-0.39, 0.29) is 6.10 Å². The number of benzene rings is 1. The zero-order chi connectivity index (χ0) is 14.4. The average molecular weight is 278 g/mol. The smallest absolute Gasteiger partial charge is 0.146 e. The summed E-state index contributed by atoms with van der Waals surface area (Å²) in [6.07, 6.45) is 4.08. The SMILES string of the molecule is CC(C)Oc1cccc(OCCN2CCCCC2)c1N. The Hall–Kier alpha value is -1.42. The predicted octanol–water partition coefficient (Wildman–Crippen LogP) is 2.92. The second-order valence-electron chi connectivity index (χ2n) is 5.59. The second kappa shape index (κ2) is 7.39. The van der Waals surface area contributed by atoms with Gasteiger partial charge in [0.15, 0.2) is 0 Å². The number of nitrogen functional groups attached to an aromatic ring is 1. The minimum atomic E-state index is 0.112. The van der Waals surface area contributed by atoms with E-state index < -0.39 is 0 Å². The third-order valence-electron chi connectivity index (χ3n) is 3.50. The number of anilines is 1. The first-order valence-electron chi connectivity index (χ1n) is 7.57. The van der Waals surface area contributed by atoms with Gasteiger partial charge in [-0.2, -0.15) is 0 Å². The molecule has 20 heavy (non-hydrogen) atoms. The topological polar surface area (TPSA) is 47.7 Å². The Morgan fingerprint density at radius 2 is 1.85 bits per heavy atom. The van der Waals surface area contributed by atoms with Gasteiger partial charge in [-0.1, -0.05) is 12.5 Å². The lowest BCUT2D eigenvalue weighted by Crippen LogP contribution is -2.33. The molecule has 0 spiro atoms. The molecule has 0 unspecified atom stereocenters. The zero-order valence-corrected chi connectivity index (χ0v) is 12.6. The average Bonchev–Trinajstić information content (AvgIpc) is 2.43. The largest absolute Gasteiger partial charge is 0.490 e. The molecular formula is C16H26N2O2. The van der Waals surface area contributed by atoms with Gasteiger partial charge in [-0.05, 0) is 51.9 Å². The highest BCUT2D eigenvalue weighted by atomic mass is 16.5. The summed E-state index contributed by atoms with van der Waals surface area (Å²) < 4.78 is 11.5. The van der Waals surface area contributed by atoms with Crippen LogP contribution in [0.1, 0.15) is 33.1 Å². The van der Waals surface area contributed by atoms with Crippen LogP contribution < -0.4 is 15.2 Å². The number of piperidine rings is 1. The minimum Gasteiger partial charge on any atom is -0.490 e. The maximum absolute atomic E-state index is 6.09. The van der Waals surface area contributed by atoms with Crippen molar-refractivity contribution in [3.63, 3.8) is 0 Å². The first-order valence-corrected chi connectivity index (χ1v) is 7.57. The van der Waals surface area contributed by atoms with Crippen LogP contribution in [0.3, 0.4) is 0 Å². The Morgan fingerprint density at radius 3 is 2.55 bits per heavy atom. The molecule has 0 aliphatic carbocycles. The molecule has 0 atom stereocenters. The fraction of sp³-hybridized carbons (Fsp3) is 0.625. The molecular weight excluding hydrogens is 252 g/mol. The van der Waals surface area contributed by atoms with E-state index in [2.05, 4.69) is 4.90 Å². The molecule has 0 aromatic heterocycles.